The number of carbonyl (C=O) groups excluding carboxylic acids is 11. The highest BCUT2D eigenvalue weighted by Gasteiger charge is 2.44. The van der Waals surface area contributed by atoms with Crippen molar-refractivity contribution < 1.29 is 62.6 Å². The third-order valence-electron chi connectivity index (χ3n) is 15.0. The summed E-state index contributed by atoms with van der Waals surface area (Å²) in [7, 11) is 6.92. The largest absolute Gasteiger partial charge is 0.391 e. The van der Waals surface area contributed by atoms with Gasteiger partial charge in [0.15, 0.2) is 18.2 Å². The summed E-state index contributed by atoms with van der Waals surface area (Å²) < 4.78 is 5.40. The van der Waals surface area contributed by atoms with Crippen molar-refractivity contribution in [2.45, 2.75) is 196 Å². The van der Waals surface area contributed by atoms with Crippen LogP contribution in [0.2, 0.25) is 0 Å². The number of carbonyl (C=O) groups is 11. The van der Waals surface area contributed by atoms with Crippen LogP contribution in [0.25, 0.3) is 0 Å². The van der Waals surface area contributed by atoms with Gasteiger partial charge in [0.1, 0.15) is 35.9 Å². The molecule has 0 aromatic heterocycles. The molecule has 8 N–H and O–H groups in total. The number of amides is 10. The molecule has 0 aromatic carbocycles. The van der Waals surface area contributed by atoms with Crippen LogP contribution in [0.1, 0.15) is 142 Å². The van der Waals surface area contributed by atoms with Crippen LogP contribution in [0, 0.1) is 35.5 Å². The summed E-state index contributed by atoms with van der Waals surface area (Å²) in [5, 5.41) is 29.1. The zero-order valence-corrected chi connectivity index (χ0v) is 54.6. The molecule has 85 heavy (non-hydrogen) atoms. The first-order valence-corrected chi connectivity index (χ1v) is 30.2. The Morgan fingerprint density at radius 3 is 1.69 bits per heavy atom. The molecule has 1 aliphatic heterocycles. The van der Waals surface area contributed by atoms with Crippen molar-refractivity contribution in [3.63, 3.8) is 0 Å². The van der Waals surface area contributed by atoms with Crippen molar-refractivity contribution in [3.8, 4) is 0 Å². The molecule has 10 atom stereocenters. The van der Waals surface area contributed by atoms with Gasteiger partial charge in [0.2, 0.25) is 47.3 Å². The van der Waals surface area contributed by atoms with Crippen LogP contribution in [0.15, 0.2) is 12.2 Å². The summed E-state index contributed by atoms with van der Waals surface area (Å²) in [6.07, 6.45) is 5.90. The third-order valence-corrected chi connectivity index (χ3v) is 15.0. The normalized spacial score (nSPS) is 17.2. The van der Waals surface area contributed by atoms with Crippen LogP contribution < -0.4 is 37.2 Å². The average Bonchev–Trinajstić information content (AvgIpc) is 3.59. The standard InChI is InChI=1S/C60H108N12O13/c1-20-44(62-47(76)25-24-42(12)23-21-22-26-72-27-29-85-30-28-72)54(80)68(16)34-48(77)64-60(36-74,33-39(6)7)65-50(41(10)11)57(83)69(17)45(31-37(2)3)52(78)66-59(14,35-73)67-58(84)63-49(40(8)9)56(82)70(18)46(32-38(4)5)55(81)71(19)51(43(13)75)53(79)61-15/h21-22,35-46,49-51,65,75H,20,23-34H2,1-19H3,(H,61,79)(H,62,76)(H,64,77)(H,66,78)(H2,63,67,84). The third kappa shape index (κ3) is 25.4. The monoisotopic (exact) mass is 1200 g/mol. The summed E-state index contributed by atoms with van der Waals surface area (Å²) in [6, 6.07) is -8.10. The van der Waals surface area contributed by atoms with Crippen LogP contribution in [0.5, 0.6) is 0 Å². The summed E-state index contributed by atoms with van der Waals surface area (Å²) >= 11 is 0. The predicted octanol–water partition coefficient (Wildman–Crippen LogP) is 1.76. The number of allylic oxidation sites excluding steroid dienone is 1. The number of rotatable bonds is 37. The lowest BCUT2D eigenvalue weighted by atomic mass is 9.93. The maximum absolute atomic E-state index is 14.8. The van der Waals surface area contributed by atoms with Gasteiger partial charge in [-0.15, -0.1) is 0 Å². The molecule has 1 saturated heterocycles. The number of aliphatic hydroxyl groups excluding tert-OH is 1. The minimum atomic E-state index is -2.12. The Hall–Kier alpha value is -6.05. The van der Waals surface area contributed by atoms with Crippen LogP contribution in [-0.4, -0.2) is 224 Å². The van der Waals surface area contributed by atoms with Gasteiger partial charge in [-0.1, -0.05) is 95.2 Å². The van der Waals surface area contributed by atoms with Crippen molar-refractivity contribution >= 4 is 65.9 Å². The summed E-state index contributed by atoms with van der Waals surface area (Å²) in [5.41, 5.74) is -3.97. The molecule has 0 bridgehead atoms. The maximum atomic E-state index is 14.8. The van der Waals surface area contributed by atoms with Gasteiger partial charge in [-0.25, -0.2) is 4.79 Å². The predicted molar refractivity (Wildman–Crippen MR) is 325 cm³/mol. The van der Waals surface area contributed by atoms with Gasteiger partial charge in [-0.2, -0.15) is 0 Å². The molecule has 0 aromatic rings. The number of aliphatic hydroxyl groups is 1. The highest BCUT2D eigenvalue weighted by Crippen LogP contribution is 2.22. The molecule has 486 valence electrons. The molecule has 10 amide bonds. The second-order valence-electron chi connectivity index (χ2n) is 25.2. The minimum Gasteiger partial charge on any atom is -0.391 e. The summed E-state index contributed by atoms with van der Waals surface area (Å²) in [6.45, 7) is 27.7. The number of morpholine rings is 1. The Labute approximate surface area is 506 Å². The fourth-order valence-electron chi connectivity index (χ4n) is 10.1. The zero-order valence-electron chi connectivity index (χ0n) is 54.6. The van der Waals surface area contributed by atoms with Crippen LogP contribution in [0.3, 0.4) is 0 Å². The Morgan fingerprint density at radius 1 is 0.647 bits per heavy atom. The number of nitrogens with zero attached hydrogens (tertiary/aromatic N) is 5. The quantitative estimate of drug-likeness (QED) is 0.0250. The van der Waals surface area contributed by atoms with Crippen molar-refractivity contribution in [3.05, 3.63) is 12.2 Å². The van der Waals surface area contributed by atoms with Gasteiger partial charge in [0.25, 0.3) is 0 Å². The fraction of sp³-hybridized carbons (Fsp3) is 0.783. The lowest BCUT2D eigenvalue weighted by Gasteiger charge is -2.40. The Kier molecular flexibility index (Phi) is 33.3. The Morgan fingerprint density at radius 2 is 1.20 bits per heavy atom. The number of urea groups is 1. The van der Waals surface area contributed by atoms with E-state index in [2.05, 4.69) is 61.2 Å². The van der Waals surface area contributed by atoms with E-state index in [1.807, 2.05) is 41.5 Å². The van der Waals surface area contributed by atoms with Gasteiger partial charge < -0.3 is 61.3 Å². The molecule has 1 rings (SSSR count). The Balaban J connectivity index is 3.32. The molecule has 0 spiro atoms. The lowest BCUT2D eigenvalue weighted by molar-refractivity contribution is -0.151. The molecule has 1 heterocycles. The van der Waals surface area contributed by atoms with Crippen molar-refractivity contribution in [1.82, 2.24) is 61.7 Å². The first-order chi connectivity index (χ1) is 39.5. The van der Waals surface area contributed by atoms with Gasteiger partial charge in [0.05, 0.1) is 31.9 Å². The first kappa shape index (κ1) is 77.0. The zero-order chi connectivity index (χ0) is 65.3. The molecule has 0 saturated carbocycles. The molecule has 1 aliphatic rings. The minimum absolute atomic E-state index is 0.00817. The van der Waals surface area contributed by atoms with Gasteiger partial charge in [0, 0.05) is 61.3 Å². The topological polar surface area (TPSA) is 318 Å². The van der Waals surface area contributed by atoms with E-state index in [1.54, 1.807) is 34.6 Å². The Bertz CT molecular complexity index is 2240. The highest BCUT2D eigenvalue weighted by molar-refractivity contribution is 5.96. The molecule has 0 radical (unpaired) electrons. The number of aldehydes is 2. The molecule has 0 aliphatic carbocycles. The molecular weight excluding hydrogens is 1100 g/mol. The van der Waals surface area contributed by atoms with E-state index in [9.17, 15) is 57.8 Å². The SMILES string of the molecule is CCC(NC(=O)CCC(C)CC=CCN1CCOCC1)C(=O)N(C)CC(=O)NC(C=O)(CC(C)C)NC(C(=O)N(C)C(CC(C)C)C(=O)NC(C)(C=O)NC(=O)NC(C(=O)N(C)C(CC(C)C)C(=O)N(C)C(C(=O)NC)C(C)O)C(C)C)C(C)C. The summed E-state index contributed by atoms with van der Waals surface area (Å²) in [4.78, 5) is 158. The molecule has 25 nitrogen and oxygen atoms in total. The van der Waals surface area contributed by atoms with Crippen LogP contribution in [0.4, 0.5) is 4.79 Å². The second kappa shape index (κ2) is 36.8. The number of nitrogens with one attached hydrogen (secondary N) is 7. The maximum Gasteiger partial charge on any atom is 0.317 e. The van der Waals surface area contributed by atoms with Crippen LogP contribution >= 0.6 is 0 Å². The highest BCUT2D eigenvalue weighted by atomic mass is 16.5. The van der Waals surface area contributed by atoms with Crippen molar-refractivity contribution in [2.24, 2.45) is 35.5 Å². The second-order valence-corrected chi connectivity index (χ2v) is 25.2. The van der Waals surface area contributed by atoms with E-state index in [1.165, 1.54) is 63.8 Å². The number of likely N-dealkylation sites (N-methyl/N-ethyl adjacent to an activating group) is 5. The average molecular weight is 1210 g/mol. The van der Waals surface area contributed by atoms with Gasteiger partial charge in [-0.3, -0.25) is 58.2 Å². The number of ether oxygens (including phenoxy) is 1. The van der Waals surface area contributed by atoms with Crippen molar-refractivity contribution in [2.75, 3.05) is 74.6 Å². The molecule has 10 unspecified atom stereocenters. The van der Waals surface area contributed by atoms with Gasteiger partial charge >= 0.3 is 6.03 Å². The van der Waals surface area contributed by atoms with E-state index < -0.39 is 119 Å². The van der Waals surface area contributed by atoms with E-state index in [4.69, 9.17) is 4.74 Å². The summed E-state index contributed by atoms with van der Waals surface area (Å²) in [5.74, 6) is -6.40. The van der Waals surface area contributed by atoms with Crippen LogP contribution in [-0.2, 0) is 52.7 Å². The van der Waals surface area contributed by atoms with E-state index >= 15 is 0 Å². The molecule has 1 fully saturated rings. The van der Waals surface area contributed by atoms with E-state index in [0.29, 0.717) is 12.7 Å². The fourth-order valence-corrected chi connectivity index (χ4v) is 10.1. The molecule has 25 heteroatoms. The van der Waals surface area contributed by atoms with Gasteiger partial charge in [-0.05, 0) is 87.9 Å². The van der Waals surface area contributed by atoms with E-state index in [0.717, 1.165) is 44.2 Å². The van der Waals surface area contributed by atoms with Crippen molar-refractivity contribution in [1.29, 1.82) is 0 Å². The molecular formula is C60H108N12O13. The number of hydrogen-bond acceptors (Lipinski definition) is 15. The lowest BCUT2D eigenvalue weighted by Crippen LogP contribution is -2.69. The first-order valence-electron chi connectivity index (χ1n) is 30.2. The smallest absolute Gasteiger partial charge is 0.317 e. The number of hydrogen-bond donors (Lipinski definition) is 8. The van der Waals surface area contributed by atoms with E-state index in [-0.39, 0.29) is 68.0 Å².